The molecular weight excluding hydrogens is 484 g/mol. The molecule has 0 spiro atoms. The maximum atomic E-state index is 14.0. The van der Waals surface area contributed by atoms with E-state index in [1.807, 2.05) is 36.4 Å². The van der Waals surface area contributed by atoms with Gasteiger partial charge in [-0.15, -0.1) is 24.0 Å². The van der Waals surface area contributed by atoms with Crippen LogP contribution in [0.15, 0.2) is 53.5 Å². The fourth-order valence-electron chi connectivity index (χ4n) is 3.30. The number of carbonyl (C=O) groups excluding carboxylic acids is 1. The van der Waals surface area contributed by atoms with Crippen molar-refractivity contribution >= 4 is 41.5 Å². The minimum absolute atomic E-state index is 0. The van der Waals surface area contributed by atoms with Crippen molar-refractivity contribution in [3.8, 4) is 0 Å². The molecular formula is C21H27FIN5O. The smallest absolute Gasteiger partial charge is 0.251 e. The minimum Gasteiger partial charge on any atom is -0.366 e. The number of nitrogens with zero attached hydrogens (tertiary/aromatic N) is 3. The van der Waals surface area contributed by atoms with Crippen molar-refractivity contribution in [2.75, 3.05) is 45.2 Å². The van der Waals surface area contributed by atoms with E-state index in [1.54, 1.807) is 20.2 Å². The van der Waals surface area contributed by atoms with Crippen LogP contribution < -0.4 is 15.5 Å². The van der Waals surface area contributed by atoms with Crippen LogP contribution in [-0.4, -0.2) is 57.0 Å². The van der Waals surface area contributed by atoms with Crippen molar-refractivity contribution in [3.05, 3.63) is 65.5 Å². The van der Waals surface area contributed by atoms with Gasteiger partial charge in [-0.05, 0) is 29.8 Å². The summed E-state index contributed by atoms with van der Waals surface area (Å²) in [6.07, 6.45) is 0. The van der Waals surface area contributed by atoms with Crippen molar-refractivity contribution in [1.82, 2.24) is 15.5 Å². The van der Waals surface area contributed by atoms with Gasteiger partial charge < -0.3 is 20.4 Å². The molecule has 8 heteroatoms. The van der Waals surface area contributed by atoms with Gasteiger partial charge in [0.1, 0.15) is 5.82 Å². The van der Waals surface area contributed by atoms with Gasteiger partial charge in [-0.25, -0.2) is 4.39 Å². The number of carbonyl (C=O) groups is 1. The molecule has 0 bridgehead atoms. The first-order valence-corrected chi connectivity index (χ1v) is 9.38. The van der Waals surface area contributed by atoms with Gasteiger partial charge in [-0.3, -0.25) is 9.79 Å². The lowest BCUT2D eigenvalue weighted by Crippen LogP contribution is -2.52. The minimum atomic E-state index is -0.182. The average Bonchev–Trinajstić information content (AvgIpc) is 2.75. The largest absolute Gasteiger partial charge is 0.366 e. The van der Waals surface area contributed by atoms with Gasteiger partial charge in [0.25, 0.3) is 5.91 Å². The van der Waals surface area contributed by atoms with Crippen LogP contribution in [-0.2, 0) is 6.54 Å². The molecule has 1 heterocycles. The monoisotopic (exact) mass is 511 g/mol. The van der Waals surface area contributed by atoms with Crippen LogP contribution in [0.2, 0.25) is 0 Å². The summed E-state index contributed by atoms with van der Waals surface area (Å²) in [6, 6.07) is 14.4. The highest BCUT2D eigenvalue weighted by atomic mass is 127. The van der Waals surface area contributed by atoms with Gasteiger partial charge in [-0.1, -0.05) is 24.3 Å². The highest BCUT2D eigenvalue weighted by Gasteiger charge is 2.21. The third-order valence-electron chi connectivity index (χ3n) is 4.88. The van der Waals surface area contributed by atoms with Crippen molar-refractivity contribution in [2.24, 2.45) is 4.99 Å². The summed E-state index contributed by atoms with van der Waals surface area (Å²) in [5.41, 5.74) is 2.36. The molecule has 0 unspecified atom stereocenters. The lowest BCUT2D eigenvalue weighted by molar-refractivity contribution is 0.0963. The number of rotatable bonds is 4. The predicted molar refractivity (Wildman–Crippen MR) is 126 cm³/mol. The van der Waals surface area contributed by atoms with Crippen LogP contribution in [0.25, 0.3) is 0 Å². The number of piperazine rings is 1. The summed E-state index contributed by atoms with van der Waals surface area (Å²) in [7, 11) is 3.38. The summed E-state index contributed by atoms with van der Waals surface area (Å²) in [5.74, 6) is 0.547. The first kappa shape index (κ1) is 22.9. The van der Waals surface area contributed by atoms with Gasteiger partial charge in [0.05, 0.1) is 5.69 Å². The summed E-state index contributed by atoms with van der Waals surface area (Å²) < 4.78 is 14.0. The second-order valence-electron chi connectivity index (χ2n) is 6.60. The molecule has 0 atom stereocenters. The van der Waals surface area contributed by atoms with E-state index in [1.165, 1.54) is 6.07 Å². The molecule has 1 aliphatic heterocycles. The molecule has 0 saturated carbocycles. The number of benzene rings is 2. The number of guanidine groups is 1. The van der Waals surface area contributed by atoms with Crippen molar-refractivity contribution < 1.29 is 9.18 Å². The second-order valence-corrected chi connectivity index (χ2v) is 6.60. The fraction of sp³-hybridized carbons (Fsp3) is 0.333. The number of nitrogens with one attached hydrogen (secondary N) is 2. The zero-order valence-electron chi connectivity index (χ0n) is 16.7. The quantitative estimate of drug-likeness (QED) is 0.377. The lowest BCUT2D eigenvalue weighted by Gasteiger charge is -2.37. The zero-order valence-corrected chi connectivity index (χ0v) is 19.0. The molecule has 3 rings (SSSR count). The van der Waals surface area contributed by atoms with Crippen molar-refractivity contribution in [3.63, 3.8) is 0 Å². The maximum Gasteiger partial charge on any atom is 0.251 e. The highest BCUT2D eigenvalue weighted by Crippen LogP contribution is 2.20. The Balaban J connectivity index is 0.00000300. The number of para-hydroxylation sites is 1. The zero-order chi connectivity index (χ0) is 19.9. The van der Waals surface area contributed by atoms with E-state index in [4.69, 9.17) is 0 Å². The van der Waals surface area contributed by atoms with E-state index in [2.05, 4.69) is 25.4 Å². The van der Waals surface area contributed by atoms with Crippen molar-refractivity contribution in [1.29, 1.82) is 0 Å². The van der Waals surface area contributed by atoms with E-state index in [9.17, 15) is 9.18 Å². The third-order valence-corrected chi connectivity index (χ3v) is 4.88. The second kappa shape index (κ2) is 11.0. The lowest BCUT2D eigenvalue weighted by atomic mass is 10.1. The molecule has 6 nitrogen and oxygen atoms in total. The molecule has 1 fully saturated rings. The summed E-state index contributed by atoms with van der Waals surface area (Å²) in [5, 5.41) is 5.98. The standard InChI is InChI=1S/C21H26FN5O.HI/c1-23-20(28)17-9-7-16(8-10-17)15-25-21(24-2)27-13-11-26(12-14-27)19-6-4-3-5-18(19)22;/h3-10H,11-15H2,1-2H3,(H,23,28)(H,24,25);1H. The Morgan fingerprint density at radius 2 is 1.72 bits per heavy atom. The Morgan fingerprint density at radius 3 is 2.31 bits per heavy atom. The Labute approximate surface area is 188 Å². The Morgan fingerprint density at radius 1 is 1.07 bits per heavy atom. The number of anilines is 1. The SMILES string of the molecule is CN=C(NCc1ccc(C(=O)NC)cc1)N1CCN(c2ccccc2F)CC1.I. The third kappa shape index (κ3) is 5.81. The summed E-state index contributed by atoms with van der Waals surface area (Å²) >= 11 is 0. The molecule has 2 aromatic carbocycles. The van der Waals surface area contributed by atoms with Crippen LogP contribution in [0, 0.1) is 5.82 Å². The van der Waals surface area contributed by atoms with Crippen LogP contribution in [0.3, 0.4) is 0 Å². The topological polar surface area (TPSA) is 60.0 Å². The van der Waals surface area contributed by atoms with Gasteiger partial charge in [0.2, 0.25) is 0 Å². The molecule has 1 aliphatic rings. The van der Waals surface area contributed by atoms with Gasteiger partial charge in [0.15, 0.2) is 5.96 Å². The van der Waals surface area contributed by atoms with Gasteiger partial charge in [-0.2, -0.15) is 0 Å². The normalized spacial score (nSPS) is 14.2. The summed E-state index contributed by atoms with van der Waals surface area (Å²) in [4.78, 5) is 20.2. The molecule has 0 aromatic heterocycles. The first-order valence-electron chi connectivity index (χ1n) is 9.38. The molecule has 1 saturated heterocycles. The molecule has 1 amide bonds. The first-order chi connectivity index (χ1) is 13.6. The number of hydrogen-bond acceptors (Lipinski definition) is 3. The number of halogens is 2. The Hall–Kier alpha value is -2.36. The molecule has 29 heavy (non-hydrogen) atoms. The number of amides is 1. The van der Waals surface area contributed by atoms with E-state index in [0.29, 0.717) is 17.8 Å². The molecule has 0 radical (unpaired) electrons. The van der Waals surface area contributed by atoms with Crippen LogP contribution in [0.4, 0.5) is 10.1 Å². The predicted octanol–water partition coefficient (Wildman–Crippen LogP) is 2.70. The molecule has 2 N–H and O–H groups in total. The highest BCUT2D eigenvalue weighted by molar-refractivity contribution is 14.0. The van der Waals surface area contributed by atoms with E-state index in [-0.39, 0.29) is 35.7 Å². The Bertz CT molecular complexity index is 835. The van der Waals surface area contributed by atoms with E-state index >= 15 is 0 Å². The number of hydrogen-bond donors (Lipinski definition) is 2. The Kier molecular flexibility index (Phi) is 8.69. The molecule has 156 valence electrons. The van der Waals surface area contributed by atoms with Gasteiger partial charge in [0, 0.05) is 52.4 Å². The van der Waals surface area contributed by atoms with Crippen LogP contribution in [0.1, 0.15) is 15.9 Å². The maximum absolute atomic E-state index is 14.0. The average molecular weight is 511 g/mol. The number of aliphatic imine (C=N–C) groups is 1. The van der Waals surface area contributed by atoms with Crippen molar-refractivity contribution in [2.45, 2.75) is 6.54 Å². The van der Waals surface area contributed by atoms with E-state index < -0.39 is 0 Å². The molecule has 2 aromatic rings. The fourth-order valence-corrected chi connectivity index (χ4v) is 3.30. The van der Waals surface area contributed by atoms with E-state index in [0.717, 1.165) is 37.7 Å². The van der Waals surface area contributed by atoms with Crippen LogP contribution >= 0.6 is 24.0 Å². The summed E-state index contributed by atoms with van der Waals surface area (Å²) in [6.45, 7) is 3.63. The van der Waals surface area contributed by atoms with Crippen LogP contribution in [0.5, 0.6) is 0 Å². The van der Waals surface area contributed by atoms with Gasteiger partial charge >= 0.3 is 0 Å². The molecule has 0 aliphatic carbocycles.